The molecule has 0 aromatic heterocycles. The van der Waals surface area contributed by atoms with Gasteiger partial charge in [-0.15, -0.1) is 0 Å². The van der Waals surface area contributed by atoms with Crippen molar-refractivity contribution in [3.8, 4) is 11.1 Å². The number of carbonyl (C=O) groups is 2. The molecule has 26 heavy (non-hydrogen) atoms. The molecule has 6 rings (SSSR count). The van der Waals surface area contributed by atoms with E-state index in [1.807, 2.05) is 24.3 Å². The smallest absolute Gasteiger partial charge is 0.410 e. The second-order valence-corrected chi connectivity index (χ2v) is 7.38. The van der Waals surface area contributed by atoms with Gasteiger partial charge in [0.25, 0.3) is 0 Å². The standard InChI is InChI=1S/C21H19NO4/c23-20(24)19-12-9-18(19)22(10-12)21(25)26-11-17-15-7-3-1-5-13(15)14-6-2-4-8-16(14)17/h1-8,12,17-19H,9-11H2,(H,23,24). The number of nitrogens with zero attached hydrogens (tertiary/aromatic N) is 1. The minimum Gasteiger partial charge on any atom is -0.481 e. The third-order valence-electron chi connectivity index (χ3n) is 6.15. The van der Waals surface area contributed by atoms with Gasteiger partial charge < -0.3 is 14.7 Å². The van der Waals surface area contributed by atoms with Crippen LogP contribution in [0.2, 0.25) is 0 Å². The lowest BCUT2D eigenvalue weighted by Crippen LogP contribution is -2.45. The van der Waals surface area contributed by atoms with Gasteiger partial charge in [0.2, 0.25) is 0 Å². The summed E-state index contributed by atoms with van der Waals surface area (Å²) in [6.07, 6.45) is 0.393. The van der Waals surface area contributed by atoms with Crippen molar-refractivity contribution in [2.24, 2.45) is 11.8 Å². The Morgan fingerprint density at radius 2 is 1.65 bits per heavy atom. The first kappa shape index (κ1) is 15.4. The van der Waals surface area contributed by atoms with E-state index in [2.05, 4.69) is 24.3 Å². The van der Waals surface area contributed by atoms with E-state index in [0.717, 1.165) is 6.42 Å². The van der Waals surface area contributed by atoms with Gasteiger partial charge in [0.1, 0.15) is 6.61 Å². The third kappa shape index (κ3) is 2.09. The Bertz CT molecular complexity index is 863. The molecule has 1 N–H and O–H groups in total. The van der Waals surface area contributed by atoms with E-state index in [-0.39, 0.29) is 30.6 Å². The molecular formula is C21H19NO4. The van der Waals surface area contributed by atoms with E-state index in [9.17, 15) is 14.7 Å². The molecule has 4 aliphatic rings. The molecule has 3 fully saturated rings. The lowest BCUT2D eigenvalue weighted by molar-refractivity contribution is -0.147. The monoisotopic (exact) mass is 349 g/mol. The molecule has 2 heterocycles. The molecule has 3 unspecified atom stereocenters. The molecule has 3 atom stereocenters. The highest BCUT2D eigenvalue weighted by Crippen LogP contribution is 2.47. The van der Waals surface area contributed by atoms with Crippen molar-refractivity contribution in [2.45, 2.75) is 18.4 Å². The van der Waals surface area contributed by atoms with Crippen molar-refractivity contribution in [1.82, 2.24) is 4.90 Å². The van der Waals surface area contributed by atoms with Crippen LogP contribution in [0, 0.1) is 11.8 Å². The minimum atomic E-state index is -0.805. The van der Waals surface area contributed by atoms with Gasteiger partial charge in [-0.2, -0.15) is 0 Å². The molecule has 0 spiro atoms. The first-order valence-corrected chi connectivity index (χ1v) is 8.99. The van der Waals surface area contributed by atoms with E-state index in [1.165, 1.54) is 22.3 Å². The summed E-state index contributed by atoms with van der Waals surface area (Å²) in [5.41, 5.74) is 4.74. The molecule has 2 aromatic rings. The topological polar surface area (TPSA) is 66.8 Å². The van der Waals surface area contributed by atoms with Gasteiger partial charge >= 0.3 is 12.1 Å². The second-order valence-electron chi connectivity index (χ2n) is 7.38. The number of carbonyl (C=O) groups excluding carboxylic acids is 1. The number of aliphatic carboxylic acids is 1. The number of hydrogen-bond donors (Lipinski definition) is 1. The average molecular weight is 349 g/mol. The molecule has 2 bridgehead atoms. The van der Waals surface area contributed by atoms with Crippen molar-refractivity contribution in [1.29, 1.82) is 0 Å². The molecule has 132 valence electrons. The van der Waals surface area contributed by atoms with Crippen LogP contribution in [0.5, 0.6) is 0 Å². The summed E-state index contributed by atoms with van der Waals surface area (Å²) < 4.78 is 5.64. The van der Waals surface area contributed by atoms with Gasteiger partial charge in [-0.1, -0.05) is 48.5 Å². The molecule has 1 amide bonds. The summed E-state index contributed by atoms with van der Waals surface area (Å²) in [6, 6.07) is 16.2. The third-order valence-corrected chi connectivity index (χ3v) is 6.15. The van der Waals surface area contributed by atoms with Crippen molar-refractivity contribution >= 4 is 12.1 Å². The average Bonchev–Trinajstić information content (AvgIpc) is 3.30. The summed E-state index contributed by atoms with van der Waals surface area (Å²) in [6.45, 7) is 0.775. The van der Waals surface area contributed by atoms with E-state index in [0.29, 0.717) is 6.54 Å². The molecule has 2 saturated heterocycles. The molecule has 5 heteroatoms. The lowest BCUT2D eigenvalue weighted by atomic mass is 9.74. The Labute approximate surface area is 151 Å². The van der Waals surface area contributed by atoms with Crippen LogP contribution >= 0.6 is 0 Å². The quantitative estimate of drug-likeness (QED) is 0.923. The zero-order chi connectivity index (χ0) is 17.8. The Morgan fingerprint density at radius 3 is 2.23 bits per heavy atom. The van der Waals surface area contributed by atoms with E-state index >= 15 is 0 Å². The van der Waals surface area contributed by atoms with Gasteiger partial charge in [-0.25, -0.2) is 4.79 Å². The van der Waals surface area contributed by atoms with E-state index in [4.69, 9.17) is 4.74 Å². The van der Waals surface area contributed by atoms with Crippen molar-refractivity contribution in [3.05, 3.63) is 59.7 Å². The van der Waals surface area contributed by atoms with Crippen LogP contribution in [-0.2, 0) is 9.53 Å². The molecular weight excluding hydrogens is 330 g/mol. The zero-order valence-electron chi connectivity index (χ0n) is 14.2. The summed E-state index contributed by atoms with van der Waals surface area (Å²) in [4.78, 5) is 25.4. The minimum absolute atomic E-state index is 0.0271. The number of rotatable bonds is 3. The number of amides is 1. The normalized spacial score (nSPS) is 25.4. The van der Waals surface area contributed by atoms with E-state index < -0.39 is 11.9 Å². The van der Waals surface area contributed by atoms with Gasteiger partial charge in [-0.3, -0.25) is 4.79 Å². The highest BCUT2D eigenvalue weighted by atomic mass is 16.6. The molecule has 0 radical (unpaired) electrons. The Morgan fingerprint density at radius 1 is 1.04 bits per heavy atom. The molecule has 2 aromatic carbocycles. The highest BCUT2D eigenvalue weighted by Gasteiger charge is 2.57. The number of hydrogen-bond acceptors (Lipinski definition) is 3. The molecule has 1 saturated carbocycles. The fourth-order valence-electron chi connectivity index (χ4n) is 4.87. The number of ether oxygens (including phenoxy) is 1. The number of carboxylic acids is 1. The fraction of sp³-hybridized carbons (Fsp3) is 0.333. The van der Waals surface area contributed by atoms with E-state index in [1.54, 1.807) is 4.90 Å². The van der Waals surface area contributed by atoms with Crippen LogP contribution in [0.3, 0.4) is 0 Å². The SMILES string of the molecule is O=C(O)C1C2CC1N(C(=O)OCC1c3ccccc3-c3ccccc31)C2. The van der Waals surface area contributed by atoms with Gasteiger partial charge in [0, 0.05) is 18.5 Å². The summed E-state index contributed by atoms with van der Waals surface area (Å²) in [5, 5.41) is 9.26. The molecule has 2 aliphatic carbocycles. The fourth-order valence-corrected chi connectivity index (χ4v) is 4.87. The summed E-state index contributed by atoms with van der Waals surface area (Å²) in [7, 11) is 0. The maximum atomic E-state index is 12.5. The number of benzene rings is 2. The predicted molar refractivity (Wildman–Crippen MR) is 94.8 cm³/mol. The van der Waals surface area contributed by atoms with Crippen LogP contribution < -0.4 is 0 Å². The maximum Gasteiger partial charge on any atom is 0.410 e. The predicted octanol–water partition coefficient (Wildman–Crippen LogP) is 3.34. The van der Waals surface area contributed by atoms with Gasteiger partial charge in [0.05, 0.1) is 5.92 Å². The highest BCUT2D eigenvalue weighted by molar-refractivity contribution is 5.80. The van der Waals surface area contributed by atoms with Gasteiger partial charge in [-0.05, 0) is 34.6 Å². The Balaban J connectivity index is 1.33. The molecule has 5 nitrogen and oxygen atoms in total. The van der Waals surface area contributed by atoms with Gasteiger partial charge in [0.15, 0.2) is 0 Å². The van der Waals surface area contributed by atoms with Crippen molar-refractivity contribution in [3.63, 3.8) is 0 Å². The first-order valence-electron chi connectivity index (χ1n) is 8.99. The Kier molecular flexibility index (Phi) is 3.32. The Hall–Kier alpha value is -2.82. The summed E-state index contributed by atoms with van der Waals surface area (Å²) in [5.74, 6) is -1.12. The van der Waals surface area contributed by atoms with Crippen molar-refractivity contribution in [2.75, 3.05) is 13.2 Å². The maximum absolute atomic E-state index is 12.5. The lowest BCUT2D eigenvalue weighted by Gasteiger charge is -2.32. The largest absolute Gasteiger partial charge is 0.481 e. The number of carboxylic acid groups (broad SMARTS) is 1. The molecule has 2 aliphatic heterocycles. The second kappa shape index (κ2) is 5.59. The summed E-state index contributed by atoms with van der Waals surface area (Å²) >= 11 is 0. The van der Waals surface area contributed by atoms with Crippen LogP contribution in [0.4, 0.5) is 4.79 Å². The van der Waals surface area contributed by atoms with Crippen molar-refractivity contribution < 1.29 is 19.4 Å². The first-order chi connectivity index (χ1) is 12.6. The van der Waals surface area contributed by atoms with Crippen LogP contribution in [0.1, 0.15) is 23.5 Å². The number of fused-ring (bicyclic) bond motifs is 4. The van der Waals surface area contributed by atoms with Crippen LogP contribution in [0.25, 0.3) is 11.1 Å². The van der Waals surface area contributed by atoms with Crippen LogP contribution in [0.15, 0.2) is 48.5 Å². The van der Waals surface area contributed by atoms with Crippen LogP contribution in [-0.4, -0.2) is 41.3 Å². The zero-order valence-corrected chi connectivity index (χ0v) is 14.2.